The molecule has 1 saturated carbocycles. The summed E-state index contributed by atoms with van der Waals surface area (Å²) in [5.74, 6) is -0.383. The van der Waals surface area contributed by atoms with Gasteiger partial charge in [-0.25, -0.2) is 0 Å². The minimum Gasteiger partial charge on any atom is -0.493 e. The highest BCUT2D eigenvalue weighted by Gasteiger charge is 2.22. The average molecular weight is 345 g/mol. The van der Waals surface area contributed by atoms with Gasteiger partial charge in [0.1, 0.15) is 0 Å². The summed E-state index contributed by atoms with van der Waals surface area (Å²) in [6.07, 6.45) is 1.42. The van der Waals surface area contributed by atoms with Crippen molar-refractivity contribution in [1.29, 1.82) is 0 Å². The Hall–Kier alpha value is -1.93. The Labute approximate surface area is 138 Å². The number of rotatable bonds is 10. The third kappa shape index (κ3) is 5.61. The van der Waals surface area contributed by atoms with Gasteiger partial charge in [-0.1, -0.05) is 6.07 Å². The Morgan fingerprint density at radius 1 is 1.42 bits per heavy atom. The Morgan fingerprint density at radius 2 is 2.17 bits per heavy atom. The van der Waals surface area contributed by atoms with Crippen molar-refractivity contribution in [3.63, 3.8) is 0 Å². The molecule has 8 heteroatoms. The van der Waals surface area contributed by atoms with Crippen LogP contribution in [0.3, 0.4) is 0 Å². The molecule has 0 radical (unpaired) electrons. The van der Waals surface area contributed by atoms with E-state index in [1.54, 1.807) is 0 Å². The number of hydrogen-bond acceptors (Lipinski definition) is 5. The first-order chi connectivity index (χ1) is 11.5. The second-order valence-electron chi connectivity index (χ2n) is 5.56. The zero-order valence-corrected chi connectivity index (χ0v) is 13.3. The molecule has 0 saturated heterocycles. The molecule has 2 N–H and O–H groups in total. The van der Waals surface area contributed by atoms with Gasteiger partial charge in [0.05, 0.1) is 25.4 Å². The van der Waals surface area contributed by atoms with E-state index in [1.165, 1.54) is 25.3 Å². The summed E-state index contributed by atoms with van der Waals surface area (Å²) in [4.78, 5) is 12.2. The molecule has 0 aliphatic heterocycles. The van der Waals surface area contributed by atoms with E-state index >= 15 is 0 Å². The van der Waals surface area contributed by atoms with Crippen molar-refractivity contribution in [1.82, 2.24) is 5.32 Å². The van der Waals surface area contributed by atoms with E-state index < -0.39 is 18.6 Å². The Kier molecular flexibility index (Phi) is 6.74. The van der Waals surface area contributed by atoms with Gasteiger partial charge in [0.2, 0.25) is 0 Å². The van der Waals surface area contributed by atoms with E-state index in [1.807, 2.05) is 0 Å². The lowest BCUT2D eigenvalue weighted by Crippen LogP contribution is -2.35. The second-order valence-corrected chi connectivity index (χ2v) is 5.56. The lowest BCUT2D eigenvalue weighted by Gasteiger charge is -2.16. The normalized spacial score (nSPS) is 15.2. The first-order valence-electron chi connectivity index (χ1n) is 7.67. The third-order valence-electron chi connectivity index (χ3n) is 3.51. The van der Waals surface area contributed by atoms with Crippen LogP contribution in [0.1, 0.15) is 23.2 Å². The number of carbonyl (C=O) groups is 1. The molecule has 0 heterocycles. The van der Waals surface area contributed by atoms with Crippen molar-refractivity contribution in [2.24, 2.45) is 5.92 Å². The molecule has 1 aliphatic rings. The topological polar surface area (TPSA) is 77.0 Å². The lowest BCUT2D eigenvalue weighted by molar-refractivity contribution is -0.0515. The van der Waals surface area contributed by atoms with Gasteiger partial charge in [-0.2, -0.15) is 8.78 Å². The van der Waals surface area contributed by atoms with Crippen LogP contribution < -0.4 is 14.8 Å². The van der Waals surface area contributed by atoms with Crippen LogP contribution in [0, 0.1) is 5.92 Å². The van der Waals surface area contributed by atoms with E-state index in [0.29, 0.717) is 12.5 Å². The van der Waals surface area contributed by atoms with Crippen molar-refractivity contribution in [3.8, 4) is 11.5 Å². The number of para-hydroxylation sites is 1. The zero-order valence-electron chi connectivity index (χ0n) is 13.3. The second kappa shape index (κ2) is 8.79. The number of aliphatic hydroxyl groups is 1. The highest BCUT2D eigenvalue weighted by Crippen LogP contribution is 2.32. The van der Waals surface area contributed by atoms with Gasteiger partial charge in [-0.15, -0.1) is 0 Å². The van der Waals surface area contributed by atoms with E-state index in [0.717, 1.165) is 12.8 Å². The molecular formula is C16H21F2NO5. The largest absolute Gasteiger partial charge is 0.493 e. The van der Waals surface area contributed by atoms with Crippen molar-refractivity contribution in [2.75, 3.05) is 26.9 Å². The van der Waals surface area contributed by atoms with Gasteiger partial charge in [0, 0.05) is 13.2 Å². The number of carbonyl (C=O) groups excluding carboxylic acids is 1. The van der Waals surface area contributed by atoms with Crippen LogP contribution in [0.15, 0.2) is 18.2 Å². The highest BCUT2D eigenvalue weighted by molar-refractivity contribution is 5.97. The van der Waals surface area contributed by atoms with E-state index in [4.69, 9.17) is 9.47 Å². The van der Waals surface area contributed by atoms with E-state index in [9.17, 15) is 18.7 Å². The molecule has 24 heavy (non-hydrogen) atoms. The van der Waals surface area contributed by atoms with Gasteiger partial charge in [-0.3, -0.25) is 4.79 Å². The predicted molar refractivity (Wildman–Crippen MR) is 81.5 cm³/mol. The van der Waals surface area contributed by atoms with Gasteiger partial charge in [-0.05, 0) is 30.9 Å². The number of ether oxygens (including phenoxy) is 3. The average Bonchev–Trinajstić information content (AvgIpc) is 3.36. The van der Waals surface area contributed by atoms with Crippen LogP contribution in [0.5, 0.6) is 11.5 Å². The maximum Gasteiger partial charge on any atom is 0.387 e. The standard InChI is InChI=1S/C16H21F2NO5/c1-22-13-4-2-3-12(14(13)24-16(17)18)15(21)19-7-11(20)9-23-8-10-5-6-10/h2-4,10-11,16,20H,5-9H2,1H3,(H,19,21). The smallest absolute Gasteiger partial charge is 0.387 e. The quantitative estimate of drug-likeness (QED) is 0.676. The Bertz CT molecular complexity index is 551. The van der Waals surface area contributed by atoms with Crippen molar-refractivity contribution < 1.29 is 32.9 Å². The van der Waals surface area contributed by atoms with Crippen LogP contribution in [-0.2, 0) is 4.74 Å². The predicted octanol–water partition coefficient (Wildman–Crippen LogP) is 1.81. The van der Waals surface area contributed by atoms with E-state index in [2.05, 4.69) is 10.1 Å². The molecule has 1 fully saturated rings. The lowest BCUT2D eigenvalue weighted by atomic mass is 10.1. The summed E-state index contributed by atoms with van der Waals surface area (Å²) in [6, 6.07) is 4.24. The minimum absolute atomic E-state index is 0.0243. The molecule has 1 aromatic rings. The van der Waals surface area contributed by atoms with Crippen LogP contribution in [0.2, 0.25) is 0 Å². The van der Waals surface area contributed by atoms with Crippen LogP contribution >= 0.6 is 0 Å². The third-order valence-corrected chi connectivity index (χ3v) is 3.51. The summed E-state index contributed by atoms with van der Waals surface area (Å²) in [7, 11) is 1.29. The van der Waals surface area contributed by atoms with E-state index in [-0.39, 0.29) is 30.2 Å². The van der Waals surface area contributed by atoms with Gasteiger partial charge in [0.15, 0.2) is 11.5 Å². The molecular weight excluding hydrogens is 324 g/mol. The molecule has 0 aromatic heterocycles. The van der Waals surface area contributed by atoms with Gasteiger partial charge < -0.3 is 24.6 Å². The molecule has 2 rings (SSSR count). The fraction of sp³-hybridized carbons (Fsp3) is 0.562. The molecule has 1 unspecified atom stereocenters. The van der Waals surface area contributed by atoms with Crippen LogP contribution in [0.4, 0.5) is 8.78 Å². The first-order valence-corrected chi connectivity index (χ1v) is 7.67. The summed E-state index contributed by atoms with van der Waals surface area (Å²) in [6.45, 7) is -2.44. The van der Waals surface area contributed by atoms with Crippen molar-refractivity contribution in [3.05, 3.63) is 23.8 Å². The fourth-order valence-corrected chi connectivity index (χ4v) is 2.09. The monoisotopic (exact) mass is 345 g/mol. The summed E-state index contributed by atoms with van der Waals surface area (Å²) < 4.78 is 39.7. The number of alkyl halides is 2. The number of aliphatic hydroxyl groups excluding tert-OH is 1. The molecule has 134 valence electrons. The Balaban J connectivity index is 1.90. The SMILES string of the molecule is COc1cccc(C(=O)NCC(O)COCC2CC2)c1OC(F)F. The molecule has 1 aliphatic carbocycles. The molecule has 0 spiro atoms. The number of benzene rings is 1. The van der Waals surface area contributed by atoms with Gasteiger partial charge in [0.25, 0.3) is 5.91 Å². The molecule has 0 bridgehead atoms. The minimum atomic E-state index is -3.09. The number of methoxy groups -OCH3 is 1. The maximum atomic E-state index is 12.5. The van der Waals surface area contributed by atoms with Crippen LogP contribution in [0.25, 0.3) is 0 Å². The molecule has 1 aromatic carbocycles. The van der Waals surface area contributed by atoms with Crippen molar-refractivity contribution in [2.45, 2.75) is 25.6 Å². The van der Waals surface area contributed by atoms with Crippen LogP contribution in [-0.4, -0.2) is 50.6 Å². The molecule has 1 atom stereocenters. The zero-order chi connectivity index (χ0) is 17.5. The number of hydrogen-bond donors (Lipinski definition) is 2. The van der Waals surface area contributed by atoms with Gasteiger partial charge >= 0.3 is 6.61 Å². The Morgan fingerprint density at radius 3 is 2.79 bits per heavy atom. The first kappa shape index (κ1) is 18.4. The number of halogens is 2. The number of amides is 1. The molecule has 1 amide bonds. The fourth-order valence-electron chi connectivity index (χ4n) is 2.09. The van der Waals surface area contributed by atoms with Crippen molar-refractivity contribution >= 4 is 5.91 Å². The summed E-state index contributed by atoms with van der Waals surface area (Å²) in [5, 5.41) is 12.2. The number of nitrogens with one attached hydrogen (secondary N) is 1. The summed E-state index contributed by atoms with van der Waals surface area (Å²) >= 11 is 0. The maximum absolute atomic E-state index is 12.5. The molecule has 6 nitrogen and oxygen atoms in total. The summed E-state index contributed by atoms with van der Waals surface area (Å²) in [5.41, 5.74) is -0.0965. The highest BCUT2D eigenvalue weighted by atomic mass is 19.3.